The van der Waals surface area contributed by atoms with Crippen molar-refractivity contribution < 1.29 is 18.9 Å². The molecule has 0 spiro atoms. The number of hydrogen-bond donors (Lipinski definition) is 0. The Morgan fingerprint density at radius 3 is 1.78 bits per heavy atom. The van der Waals surface area contributed by atoms with Gasteiger partial charge in [0.05, 0.1) is 32.5 Å². The fraction of sp³-hybridized carbons (Fsp3) is 0.357. The second-order valence-corrected chi connectivity index (χ2v) is 8.49. The second kappa shape index (κ2) is 10.9. The SMILES string of the molecule is CC1O[C@H](COCc2ccccc2)[C@@H](OCc2ccccc2)C1(C)OCc1ccccc1. The summed E-state index contributed by atoms with van der Waals surface area (Å²) < 4.78 is 25.3. The third kappa shape index (κ3) is 5.64. The summed E-state index contributed by atoms with van der Waals surface area (Å²) in [5, 5.41) is 0. The molecule has 1 fully saturated rings. The molecule has 0 aliphatic carbocycles. The standard InChI is InChI=1S/C28H32O4/c1-22-28(2,31-20-25-16-10-5-11-17-25)27(30-19-24-14-8-4-9-15-24)26(32-22)21-29-18-23-12-6-3-7-13-23/h3-17,22,26-27H,18-21H2,1-2H3/t22?,26-,27-,28?/m1/s1. The molecular weight excluding hydrogens is 400 g/mol. The lowest BCUT2D eigenvalue weighted by Gasteiger charge is -2.34. The predicted molar refractivity (Wildman–Crippen MR) is 125 cm³/mol. The van der Waals surface area contributed by atoms with Gasteiger partial charge in [0.1, 0.15) is 17.8 Å². The quantitative estimate of drug-likeness (QED) is 0.421. The zero-order valence-electron chi connectivity index (χ0n) is 18.9. The van der Waals surface area contributed by atoms with Gasteiger partial charge >= 0.3 is 0 Å². The van der Waals surface area contributed by atoms with Crippen LogP contribution in [0.2, 0.25) is 0 Å². The van der Waals surface area contributed by atoms with Crippen LogP contribution in [0.15, 0.2) is 91.0 Å². The molecule has 0 radical (unpaired) electrons. The Morgan fingerprint density at radius 1 is 0.719 bits per heavy atom. The Bertz CT molecular complexity index is 931. The van der Waals surface area contributed by atoms with Gasteiger partial charge in [0.25, 0.3) is 0 Å². The molecule has 1 saturated heterocycles. The molecule has 2 unspecified atom stereocenters. The predicted octanol–water partition coefficient (Wildman–Crippen LogP) is 5.55. The fourth-order valence-electron chi connectivity index (χ4n) is 4.11. The third-order valence-electron chi connectivity index (χ3n) is 6.15. The van der Waals surface area contributed by atoms with Crippen molar-refractivity contribution in [2.45, 2.75) is 57.6 Å². The van der Waals surface area contributed by atoms with Crippen LogP contribution in [-0.4, -0.2) is 30.5 Å². The van der Waals surface area contributed by atoms with Crippen LogP contribution in [0.3, 0.4) is 0 Å². The minimum absolute atomic E-state index is 0.127. The molecule has 4 rings (SSSR count). The highest BCUT2D eigenvalue weighted by atomic mass is 16.6. The average molecular weight is 433 g/mol. The highest BCUT2D eigenvalue weighted by Gasteiger charge is 2.53. The van der Waals surface area contributed by atoms with Gasteiger partial charge in [-0.15, -0.1) is 0 Å². The molecule has 1 aliphatic rings. The highest BCUT2D eigenvalue weighted by Crippen LogP contribution is 2.38. The van der Waals surface area contributed by atoms with E-state index in [1.54, 1.807) is 0 Å². The van der Waals surface area contributed by atoms with E-state index < -0.39 is 5.60 Å². The molecule has 32 heavy (non-hydrogen) atoms. The van der Waals surface area contributed by atoms with Crippen molar-refractivity contribution in [1.29, 1.82) is 0 Å². The summed E-state index contributed by atoms with van der Waals surface area (Å²) in [6.45, 7) is 6.15. The van der Waals surface area contributed by atoms with Crippen LogP contribution >= 0.6 is 0 Å². The lowest BCUT2D eigenvalue weighted by atomic mass is 9.92. The zero-order valence-corrected chi connectivity index (χ0v) is 18.9. The van der Waals surface area contributed by atoms with Crippen LogP contribution in [0.25, 0.3) is 0 Å². The number of benzene rings is 3. The van der Waals surface area contributed by atoms with E-state index in [9.17, 15) is 0 Å². The van der Waals surface area contributed by atoms with Crippen molar-refractivity contribution in [2.24, 2.45) is 0 Å². The topological polar surface area (TPSA) is 36.9 Å². The Kier molecular flexibility index (Phi) is 7.72. The van der Waals surface area contributed by atoms with E-state index >= 15 is 0 Å². The maximum atomic E-state index is 6.48. The third-order valence-corrected chi connectivity index (χ3v) is 6.15. The Balaban J connectivity index is 1.45. The van der Waals surface area contributed by atoms with Gasteiger partial charge in [0.2, 0.25) is 0 Å². The van der Waals surface area contributed by atoms with Gasteiger partial charge in [0, 0.05) is 0 Å². The summed E-state index contributed by atoms with van der Waals surface area (Å²) in [5.41, 5.74) is 2.81. The summed E-state index contributed by atoms with van der Waals surface area (Å²) in [6, 6.07) is 30.6. The molecule has 0 N–H and O–H groups in total. The fourth-order valence-corrected chi connectivity index (χ4v) is 4.11. The van der Waals surface area contributed by atoms with E-state index in [-0.39, 0.29) is 18.3 Å². The Labute approximate surface area is 191 Å². The van der Waals surface area contributed by atoms with E-state index in [1.165, 1.54) is 0 Å². The van der Waals surface area contributed by atoms with E-state index in [0.717, 1.165) is 16.7 Å². The molecule has 168 valence electrons. The van der Waals surface area contributed by atoms with E-state index in [1.807, 2.05) is 54.6 Å². The maximum absolute atomic E-state index is 6.48. The lowest BCUT2D eigenvalue weighted by Crippen LogP contribution is -2.49. The summed E-state index contributed by atoms with van der Waals surface area (Å²) in [6.07, 6.45) is -0.590. The van der Waals surface area contributed by atoms with Crippen LogP contribution in [0, 0.1) is 0 Å². The molecule has 4 atom stereocenters. The Hall–Kier alpha value is -2.50. The molecule has 4 heteroatoms. The first-order valence-corrected chi connectivity index (χ1v) is 11.3. The number of rotatable bonds is 10. The molecule has 0 aromatic heterocycles. The maximum Gasteiger partial charge on any atom is 0.120 e. The summed E-state index contributed by atoms with van der Waals surface area (Å²) in [5.74, 6) is 0. The van der Waals surface area contributed by atoms with E-state index in [4.69, 9.17) is 18.9 Å². The van der Waals surface area contributed by atoms with Crippen LogP contribution in [-0.2, 0) is 38.8 Å². The number of hydrogen-bond acceptors (Lipinski definition) is 4. The van der Waals surface area contributed by atoms with Crippen LogP contribution in [0.4, 0.5) is 0 Å². The molecule has 1 heterocycles. The van der Waals surface area contributed by atoms with Gasteiger partial charge in [-0.2, -0.15) is 0 Å². The normalized spacial score (nSPS) is 25.1. The minimum Gasteiger partial charge on any atom is -0.374 e. The molecule has 3 aromatic carbocycles. The van der Waals surface area contributed by atoms with Gasteiger partial charge in [0.15, 0.2) is 0 Å². The first-order chi connectivity index (χ1) is 15.6. The summed E-state index contributed by atoms with van der Waals surface area (Å²) >= 11 is 0. The smallest absolute Gasteiger partial charge is 0.120 e. The van der Waals surface area contributed by atoms with Gasteiger partial charge in [-0.1, -0.05) is 91.0 Å². The van der Waals surface area contributed by atoms with Crippen molar-refractivity contribution in [3.63, 3.8) is 0 Å². The van der Waals surface area contributed by atoms with Crippen LogP contribution in [0.5, 0.6) is 0 Å². The second-order valence-electron chi connectivity index (χ2n) is 8.49. The van der Waals surface area contributed by atoms with Crippen molar-refractivity contribution in [1.82, 2.24) is 0 Å². The molecule has 3 aromatic rings. The molecule has 1 aliphatic heterocycles. The van der Waals surface area contributed by atoms with Gasteiger partial charge < -0.3 is 18.9 Å². The monoisotopic (exact) mass is 432 g/mol. The minimum atomic E-state index is -0.592. The van der Waals surface area contributed by atoms with Crippen LogP contribution in [0.1, 0.15) is 30.5 Å². The number of ether oxygens (including phenoxy) is 4. The molecular formula is C28H32O4. The molecule has 0 bridgehead atoms. The molecule has 4 nitrogen and oxygen atoms in total. The summed E-state index contributed by atoms with van der Waals surface area (Å²) in [4.78, 5) is 0. The molecule has 0 amide bonds. The highest BCUT2D eigenvalue weighted by molar-refractivity contribution is 5.16. The molecule has 0 saturated carbocycles. The van der Waals surface area contributed by atoms with Gasteiger partial charge in [-0.3, -0.25) is 0 Å². The largest absolute Gasteiger partial charge is 0.374 e. The average Bonchev–Trinajstić information content (AvgIpc) is 3.07. The van der Waals surface area contributed by atoms with Crippen molar-refractivity contribution >= 4 is 0 Å². The van der Waals surface area contributed by atoms with Crippen molar-refractivity contribution in [3.8, 4) is 0 Å². The Morgan fingerprint density at radius 2 is 1.22 bits per heavy atom. The summed E-state index contributed by atoms with van der Waals surface area (Å²) in [7, 11) is 0. The van der Waals surface area contributed by atoms with E-state index in [2.05, 4.69) is 50.2 Å². The lowest BCUT2D eigenvalue weighted by molar-refractivity contribution is -0.144. The van der Waals surface area contributed by atoms with Gasteiger partial charge in [-0.05, 0) is 30.5 Å². The van der Waals surface area contributed by atoms with Crippen LogP contribution < -0.4 is 0 Å². The first kappa shape index (κ1) is 22.7. The van der Waals surface area contributed by atoms with Crippen molar-refractivity contribution in [3.05, 3.63) is 108 Å². The zero-order chi connectivity index (χ0) is 22.2. The first-order valence-electron chi connectivity index (χ1n) is 11.3. The van der Waals surface area contributed by atoms with Crippen molar-refractivity contribution in [2.75, 3.05) is 6.61 Å². The van der Waals surface area contributed by atoms with E-state index in [0.29, 0.717) is 26.4 Å². The van der Waals surface area contributed by atoms with Gasteiger partial charge in [-0.25, -0.2) is 0 Å².